The second-order valence-corrected chi connectivity index (χ2v) is 9.42. The highest BCUT2D eigenvalue weighted by Gasteiger charge is 2.54. The van der Waals surface area contributed by atoms with Gasteiger partial charge in [-0.05, 0) is 51.0 Å². The van der Waals surface area contributed by atoms with Crippen LogP contribution < -0.4 is 0 Å². The predicted molar refractivity (Wildman–Crippen MR) is 119 cm³/mol. The van der Waals surface area contributed by atoms with E-state index in [-0.39, 0.29) is 17.8 Å². The Morgan fingerprint density at radius 1 is 1.13 bits per heavy atom. The number of hydrogen-bond donors (Lipinski definition) is 0. The van der Waals surface area contributed by atoms with Gasteiger partial charge in [-0.2, -0.15) is 0 Å². The monoisotopic (exact) mass is 428 g/mol. The Labute approximate surface area is 185 Å². The maximum absolute atomic E-state index is 13.2. The summed E-state index contributed by atoms with van der Waals surface area (Å²) < 4.78 is 11.1. The molecule has 1 aliphatic carbocycles. The zero-order valence-electron chi connectivity index (χ0n) is 19.0. The van der Waals surface area contributed by atoms with E-state index in [0.717, 1.165) is 64.1 Å². The third kappa shape index (κ3) is 4.80. The molecule has 6 heteroatoms. The number of likely N-dealkylation sites (tertiary alicyclic amines) is 1. The highest BCUT2D eigenvalue weighted by Crippen LogP contribution is 2.48. The number of hydrogen-bond acceptors (Lipinski definition) is 5. The molecule has 3 fully saturated rings. The quantitative estimate of drug-likeness (QED) is 0.675. The van der Waals surface area contributed by atoms with Gasteiger partial charge in [-0.25, -0.2) is 0 Å². The lowest BCUT2D eigenvalue weighted by atomic mass is 9.61. The van der Waals surface area contributed by atoms with Gasteiger partial charge in [-0.3, -0.25) is 14.5 Å². The molecular formula is C25H36N2O4. The summed E-state index contributed by atoms with van der Waals surface area (Å²) in [6.45, 7) is 9.08. The summed E-state index contributed by atoms with van der Waals surface area (Å²) in [6.07, 6.45) is 4.06. The first-order valence-corrected chi connectivity index (χ1v) is 11.8. The summed E-state index contributed by atoms with van der Waals surface area (Å²) in [5.74, 6) is 0.283. The summed E-state index contributed by atoms with van der Waals surface area (Å²) in [4.78, 5) is 30.8. The lowest BCUT2D eigenvalue weighted by molar-refractivity contribution is -0.171. The Morgan fingerprint density at radius 3 is 2.58 bits per heavy atom. The van der Waals surface area contributed by atoms with Gasteiger partial charge in [0, 0.05) is 32.2 Å². The van der Waals surface area contributed by atoms with Crippen molar-refractivity contribution >= 4 is 11.9 Å². The minimum atomic E-state index is -0.556. The van der Waals surface area contributed by atoms with Crippen LogP contribution >= 0.6 is 0 Å². The molecule has 1 aromatic rings. The average Bonchev–Trinajstić information content (AvgIpc) is 2.80. The number of esters is 1. The van der Waals surface area contributed by atoms with Gasteiger partial charge >= 0.3 is 5.97 Å². The lowest BCUT2D eigenvalue weighted by Crippen LogP contribution is -2.59. The standard InChI is InChI=1S/C25H36N2O4/c1-3-31-24(29)25-10-8-22(26-12-14-30-15-13-26)17-21(25)9-11-27(18-25)23(28)16-20-6-4-19(2)5-7-20/h4-7,21-22H,3,8-18H2,1-2H3/t21-,22-,25-/m1/s1. The molecule has 1 saturated carbocycles. The smallest absolute Gasteiger partial charge is 0.314 e. The van der Waals surface area contributed by atoms with Crippen molar-refractivity contribution in [3.05, 3.63) is 35.4 Å². The summed E-state index contributed by atoms with van der Waals surface area (Å²) in [5.41, 5.74) is 1.66. The molecule has 170 valence electrons. The normalized spacial score (nSPS) is 29.3. The number of nitrogens with zero attached hydrogens (tertiary/aromatic N) is 2. The molecule has 0 N–H and O–H groups in total. The van der Waals surface area contributed by atoms with Crippen molar-refractivity contribution in [1.82, 2.24) is 9.80 Å². The van der Waals surface area contributed by atoms with Crippen LogP contribution in [0.3, 0.4) is 0 Å². The topological polar surface area (TPSA) is 59.1 Å². The van der Waals surface area contributed by atoms with Gasteiger partial charge in [0.15, 0.2) is 0 Å². The minimum Gasteiger partial charge on any atom is -0.466 e. The van der Waals surface area contributed by atoms with E-state index in [1.807, 2.05) is 43.0 Å². The number of benzene rings is 1. The minimum absolute atomic E-state index is 0.103. The van der Waals surface area contributed by atoms with Crippen molar-refractivity contribution in [3.63, 3.8) is 0 Å². The fourth-order valence-electron chi connectivity index (χ4n) is 5.72. The molecule has 2 saturated heterocycles. The Hall–Kier alpha value is -1.92. The largest absolute Gasteiger partial charge is 0.466 e. The number of carbonyl (C=O) groups is 2. The lowest BCUT2D eigenvalue weighted by Gasteiger charge is -2.52. The highest BCUT2D eigenvalue weighted by atomic mass is 16.5. The maximum atomic E-state index is 13.2. The van der Waals surface area contributed by atoms with E-state index in [1.54, 1.807) is 0 Å². The van der Waals surface area contributed by atoms with Crippen LogP contribution in [0.1, 0.15) is 43.7 Å². The van der Waals surface area contributed by atoms with E-state index < -0.39 is 5.41 Å². The van der Waals surface area contributed by atoms with Crippen LogP contribution in [0.15, 0.2) is 24.3 Å². The van der Waals surface area contributed by atoms with E-state index in [4.69, 9.17) is 9.47 Å². The fraction of sp³-hybridized carbons (Fsp3) is 0.680. The van der Waals surface area contributed by atoms with Crippen molar-refractivity contribution in [3.8, 4) is 0 Å². The van der Waals surface area contributed by atoms with Gasteiger partial charge in [0.1, 0.15) is 0 Å². The predicted octanol–water partition coefficient (Wildman–Crippen LogP) is 2.82. The zero-order chi connectivity index (χ0) is 21.8. The molecule has 1 aromatic carbocycles. The van der Waals surface area contributed by atoms with E-state index in [0.29, 0.717) is 25.6 Å². The molecule has 4 rings (SSSR count). The second kappa shape index (κ2) is 9.70. The number of piperidine rings is 1. The van der Waals surface area contributed by atoms with Gasteiger partial charge in [-0.1, -0.05) is 29.8 Å². The number of ether oxygens (including phenoxy) is 2. The molecule has 2 aliphatic heterocycles. The van der Waals surface area contributed by atoms with E-state index in [2.05, 4.69) is 4.90 Å². The van der Waals surface area contributed by atoms with E-state index in [9.17, 15) is 9.59 Å². The fourth-order valence-corrected chi connectivity index (χ4v) is 5.72. The van der Waals surface area contributed by atoms with Crippen molar-refractivity contribution in [2.45, 2.75) is 52.0 Å². The van der Waals surface area contributed by atoms with Gasteiger partial charge < -0.3 is 14.4 Å². The third-order valence-corrected chi connectivity index (χ3v) is 7.55. The first-order chi connectivity index (χ1) is 15.0. The molecular weight excluding hydrogens is 392 g/mol. The van der Waals surface area contributed by atoms with Gasteiger partial charge in [0.2, 0.25) is 5.91 Å². The molecule has 0 radical (unpaired) electrons. The van der Waals surface area contributed by atoms with Gasteiger partial charge in [0.25, 0.3) is 0 Å². The van der Waals surface area contributed by atoms with Crippen LogP contribution in [0.25, 0.3) is 0 Å². The summed E-state index contributed by atoms with van der Waals surface area (Å²) in [5, 5.41) is 0. The number of carbonyl (C=O) groups excluding carboxylic acids is 2. The molecule has 0 spiro atoms. The molecule has 31 heavy (non-hydrogen) atoms. The third-order valence-electron chi connectivity index (χ3n) is 7.55. The molecule has 0 unspecified atom stereocenters. The second-order valence-electron chi connectivity index (χ2n) is 9.42. The molecule has 0 aromatic heterocycles. The van der Waals surface area contributed by atoms with Crippen LogP contribution in [-0.2, 0) is 25.5 Å². The Balaban J connectivity index is 1.47. The first-order valence-electron chi connectivity index (χ1n) is 11.8. The van der Waals surface area contributed by atoms with Crippen LogP contribution in [0.2, 0.25) is 0 Å². The van der Waals surface area contributed by atoms with Crippen LogP contribution in [0.4, 0.5) is 0 Å². The molecule has 3 atom stereocenters. The number of morpholine rings is 1. The Kier molecular flexibility index (Phi) is 6.97. The maximum Gasteiger partial charge on any atom is 0.314 e. The van der Waals surface area contributed by atoms with Crippen molar-refractivity contribution < 1.29 is 19.1 Å². The highest BCUT2D eigenvalue weighted by molar-refractivity contribution is 5.82. The average molecular weight is 429 g/mol. The Bertz CT molecular complexity index is 774. The van der Waals surface area contributed by atoms with Gasteiger partial charge in [-0.15, -0.1) is 0 Å². The summed E-state index contributed by atoms with van der Waals surface area (Å²) in [6, 6.07) is 8.64. The van der Waals surface area contributed by atoms with E-state index >= 15 is 0 Å². The zero-order valence-corrected chi connectivity index (χ0v) is 19.0. The van der Waals surface area contributed by atoms with Crippen LogP contribution in [0, 0.1) is 18.3 Å². The van der Waals surface area contributed by atoms with Crippen molar-refractivity contribution in [2.24, 2.45) is 11.3 Å². The van der Waals surface area contributed by atoms with Gasteiger partial charge in [0.05, 0.1) is 31.7 Å². The first kappa shape index (κ1) is 22.3. The molecule has 6 nitrogen and oxygen atoms in total. The number of aryl methyl sites for hydroxylation is 1. The van der Waals surface area contributed by atoms with Crippen molar-refractivity contribution in [2.75, 3.05) is 46.0 Å². The number of fused-ring (bicyclic) bond motifs is 1. The SMILES string of the molecule is CCOC(=O)[C@@]12CC[C@@H](N3CCOCC3)C[C@H]1CCN(C(=O)Cc1ccc(C)cc1)C2. The molecule has 0 bridgehead atoms. The molecule has 2 heterocycles. The molecule has 1 amide bonds. The summed E-state index contributed by atoms with van der Waals surface area (Å²) >= 11 is 0. The number of rotatable bonds is 5. The van der Waals surface area contributed by atoms with Crippen LogP contribution in [0.5, 0.6) is 0 Å². The van der Waals surface area contributed by atoms with E-state index in [1.165, 1.54) is 5.56 Å². The van der Waals surface area contributed by atoms with Crippen molar-refractivity contribution in [1.29, 1.82) is 0 Å². The molecule has 3 aliphatic rings. The summed E-state index contributed by atoms with van der Waals surface area (Å²) in [7, 11) is 0. The van der Waals surface area contributed by atoms with Crippen LogP contribution in [-0.4, -0.2) is 73.7 Å². The Morgan fingerprint density at radius 2 is 1.87 bits per heavy atom. The number of amides is 1.